The van der Waals surface area contributed by atoms with Crippen LogP contribution in [0.15, 0.2) is 11.4 Å². The van der Waals surface area contributed by atoms with E-state index in [4.69, 9.17) is 16.3 Å². The summed E-state index contributed by atoms with van der Waals surface area (Å²) in [6, 6.07) is 1.79. The molecule has 1 heterocycles. The molecule has 1 aromatic heterocycles. The molecule has 0 saturated carbocycles. The van der Waals surface area contributed by atoms with Crippen molar-refractivity contribution >= 4 is 28.9 Å². The van der Waals surface area contributed by atoms with Crippen LogP contribution < -0.4 is 0 Å². The summed E-state index contributed by atoms with van der Waals surface area (Å²) >= 11 is 7.45. The van der Waals surface area contributed by atoms with E-state index in [1.54, 1.807) is 13.0 Å². The van der Waals surface area contributed by atoms with Gasteiger partial charge in [-0.25, -0.2) is 0 Å². The summed E-state index contributed by atoms with van der Waals surface area (Å²) in [5.41, 5.74) is -0.652. The average Bonchev–Trinajstić information content (AvgIpc) is 2.52. The maximum atomic E-state index is 11.6. The lowest BCUT2D eigenvalue weighted by molar-refractivity contribution is -0.148. The quantitative estimate of drug-likeness (QED) is 0.748. The van der Waals surface area contributed by atoms with Gasteiger partial charge in [-0.3, -0.25) is 4.79 Å². The molecule has 0 aliphatic carbocycles. The van der Waals surface area contributed by atoms with Gasteiger partial charge >= 0.3 is 5.97 Å². The van der Waals surface area contributed by atoms with Crippen molar-refractivity contribution in [1.82, 2.24) is 0 Å². The maximum absolute atomic E-state index is 11.6. The van der Waals surface area contributed by atoms with E-state index in [0.717, 1.165) is 4.88 Å². The van der Waals surface area contributed by atoms with Crippen molar-refractivity contribution in [3.63, 3.8) is 0 Å². The number of esters is 1. The van der Waals surface area contributed by atoms with Gasteiger partial charge in [0.2, 0.25) is 0 Å². The third-order valence-electron chi connectivity index (χ3n) is 1.97. The van der Waals surface area contributed by atoms with E-state index in [1.807, 2.05) is 19.2 Å². The number of carbonyl (C=O) groups is 1. The molecule has 0 aromatic carbocycles. The molecule has 2 nitrogen and oxygen atoms in total. The van der Waals surface area contributed by atoms with Crippen LogP contribution in [0.4, 0.5) is 0 Å². The molecule has 4 heteroatoms. The van der Waals surface area contributed by atoms with Crippen molar-refractivity contribution in [2.24, 2.45) is 0 Å². The minimum absolute atomic E-state index is 0.232. The molecule has 1 rings (SSSR count). The molecule has 0 unspecified atom stereocenters. The lowest BCUT2D eigenvalue weighted by atomic mass is 9.92. The zero-order chi connectivity index (χ0) is 10.8. The van der Waals surface area contributed by atoms with Crippen molar-refractivity contribution in [3.8, 4) is 0 Å². The molecule has 0 bridgehead atoms. The first-order valence-electron chi connectivity index (χ1n) is 4.40. The standard InChI is InChI=1S/C10H13ClO2S/c1-4-13-9(12)10(2,3)8-7(11)5-6-14-8/h5-6H,4H2,1-3H3. The summed E-state index contributed by atoms with van der Waals surface area (Å²) < 4.78 is 4.99. The highest BCUT2D eigenvalue weighted by Crippen LogP contribution is 2.35. The minimum Gasteiger partial charge on any atom is -0.465 e. The van der Waals surface area contributed by atoms with Gasteiger partial charge in [-0.15, -0.1) is 11.3 Å². The van der Waals surface area contributed by atoms with E-state index in [9.17, 15) is 4.79 Å². The SMILES string of the molecule is CCOC(=O)C(C)(C)c1sccc1Cl. The predicted molar refractivity (Wildman–Crippen MR) is 59.0 cm³/mol. The van der Waals surface area contributed by atoms with E-state index in [1.165, 1.54) is 11.3 Å². The summed E-state index contributed by atoms with van der Waals surface area (Å²) in [5.74, 6) is -0.232. The van der Waals surface area contributed by atoms with Crippen LogP contribution in [0.1, 0.15) is 25.6 Å². The molecule has 0 saturated heterocycles. The monoisotopic (exact) mass is 232 g/mol. The molecule has 0 spiro atoms. The van der Waals surface area contributed by atoms with E-state index >= 15 is 0 Å². The number of carbonyl (C=O) groups excluding carboxylic acids is 1. The third kappa shape index (κ3) is 2.10. The lowest BCUT2D eigenvalue weighted by Crippen LogP contribution is -2.30. The van der Waals surface area contributed by atoms with Gasteiger partial charge in [-0.2, -0.15) is 0 Å². The zero-order valence-electron chi connectivity index (χ0n) is 8.46. The zero-order valence-corrected chi connectivity index (χ0v) is 10.0. The third-order valence-corrected chi connectivity index (χ3v) is 3.64. The molecule has 0 aliphatic rings. The topological polar surface area (TPSA) is 26.3 Å². The minimum atomic E-state index is -0.652. The van der Waals surface area contributed by atoms with Crippen LogP contribution in [0.25, 0.3) is 0 Å². The molecule has 14 heavy (non-hydrogen) atoms. The molecule has 0 aliphatic heterocycles. The van der Waals surface area contributed by atoms with Crippen LogP contribution in [0.2, 0.25) is 5.02 Å². The lowest BCUT2D eigenvalue weighted by Gasteiger charge is -2.21. The number of thiophene rings is 1. The van der Waals surface area contributed by atoms with E-state index in [-0.39, 0.29) is 5.97 Å². The summed E-state index contributed by atoms with van der Waals surface area (Å²) in [4.78, 5) is 12.5. The summed E-state index contributed by atoms with van der Waals surface area (Å²) in [6.07, 6.45) is 0. The molecule has 78 valence electrons. The Morgan fingerprint density at radius 3 is 2.71 bits per heavy atom. The largest absolute Gasteiger partial charge is 0.465 e. The Labute approximate surface area is 92.8 Å². The second kappa shape index (κ2) is 4.32. The van der Waals surface area contributed by atoms with Crippen molar-refractivity contribution in [2.45, 2.75) is 26.2 Å². The van der Waals surface area contributed by atoms with Crippen LogP contribution in [-0.2, 0) is 14.9 Å². The van der Waals surface area contributed by atoms with Crippen molar-refractivity contribution < 1.29 is 9.53 Å². The summed E-state index contributed by atoms with van der Waals surface area (Å²) in [6.45, 7) is 5.83. The van der Waals surface area contributed by atoms with E-state index < -0.39 is 5.41 Å². The molecule has 0 N–H and O–H groups in total. The van der Waals surface area contributed by atoms with Gasteiger partial charge in [0.1, 0.15) is 0 Å². The molecule has 0 atom stereocenters. The second-order valence-electron chi connectivity index (χ2n) is 3.44. The highest BCUT2D eigenvalue weighted by atomic mass is 35.5. The number of rotatable bonds is 3. The van der Waals surface area contributed by atoms with Crippen LogP contribution in [0, 0.1) is 0 Å². The summed E-state index contributed by atoms with van der Waals surface area (Å²) in [5, 5.41) is 2.51. The fourth-order valence-electron chi connectivity index (χ4n) is 1.14. The summed E-state index contributed by atoms with van der Waals surface area (Å²) in [7, 11) is 0. The predicted octanol–water partition coefficient (Wildman–Crippen LogP) is 3.24. The molecular formula is C10H13ClO2S. The molecule has 0 fully saturated rings. The van der Waals surface area contributed by atoms with E-state index in [0.29, 0.717) is 11.6 Å². The normalized spacial score (nSPS) is 11.4. The Hall–Kier alpha value is -0.540. The smallest absolute Gasteiger partial charge is 0.316 e. The van der Waals surface area contributed by atoms with Crippen molar-refractivity contribution in [3.05, 3.63) is 21.3 Å². The molecular weight excluding hydrogens is 220 g/mol. The Bertz CT molecular complexity index is 331. The highest BCUT2D eigenvalue weighted by Gasteiger charge is 2.34. The maximum Gasteiger partial charge on any atom is 0.316 e. The first-order chi connectivity index (χ1) is 6.50. The fourth-order valence-corrected chi connectivity index (χ4v) is 2.55. The van der Waals surface area contributed by atoms with Crippen LogP contribution in [0.5, 0.6) is 0 Å². The number of hydrogen-bond donors (Lipinski definition) is 0. The number of hydrogen-bond acceptors (Lipinski definition) is 3. The van der Waals surface area contributed by atoms with Crippen molar-refractivity contribution in [2.75, 3.05) is 6.61 Å². The van der Waals surface area contributed by atoms with E-state index in [2.05, 4.69) is 0 Å². The van der Waals surface area contributed by atoms with Gasteiger partial charge in [0.25, 0.3) is 0 Å². The fraction of sp³-hybridized carbons (Fsp3) is 0.500. The molecule has 0 radical (unpaired) electrons. The van der Waals surface area contributed by atoms with Crippen LogP contribution in [-0.4, -0.2) is 12.6 Å². The van der Waals surface area contributed by atoms with Gasteiger partial charge < -0.3 is 4.74 Å². The Kier molecular flexibility index (Phi) is 3.56. The highest BCUT2D eigenvalue weighted by molar-refractivity contribution is 7.10. The van der Waals surface area contributed by atoms with Gasteiger partial charge in [0, 0.05) is 4.88 Å². The Morgan fingerprint density at radius 2 is 2.29 bits per heavy atom. The molecule has 1 aromatic rings. The van der Waals surface area contributed by atoms with Crippen molar-refractivity contribution in [1.29, 1.82) is 0 Å². The van der Waals surface area contributed by atoms with Gasteiger partial charge in [-0.1, -0.05) is 11.6 Å². The van der Waals surface area contributed by atoms with Gasteiger partial charge in [0.05, 0.1) is 17.0 Å². The first kappa shape index (κ1) is 11.5. The Morgan fingerprint density at radius 1 is 1.64 bits per heavy atom. The Balaban J connectivity index is 2.95. The first-order valence-corrected chi connectivity index (χ1v) is 5.66. The van der Waals surface area contributed by atoms with Gasteiger partial charge in [0.15, 0.2) is 0 Å². The van der Waals surface area contributed by atoms with Crippen LogP contribution in [0.3, 0.4) is 0 Å². The number of ether oxygens (including phenoxy) is 1. The average molecular weight is 233 g/mol. The molecule has 0 amide bonds. The second-order valence-corrected chi connectivity index (χ2v) is 4.77. The van der Waals surface area contributed by atoms with Gasteiger partial charge in [-0.05, 0) is 32.2 Å². The number of halogens is 1. The van der Waals surface area contributed by atoms with Crippen LogP contribution >= 0.6 is 22.9 Å².